The predicted octanol–water partition coefficient (Wildman–Crippen LogP) is 4.68. The molecule has 0 aliphatic heterocycles. The molecule has 3 nitrogen and oxygen atoms in total. The minimum Gasteiger partial charge on any atom is -0.367 e. The molecular weight excluding hydrogens is 290 g/mol. The van der Waals surface area contributed by atoms with Crippen LogP contribution in [0.2, 0.25) is 5.28 Å². The number of fused-ring (bicyclic) bond motifs is 3. The van der Waals surface area contributed by atoms with Crippen molar-refractivity contribution in [3.05, 3.63) is 15.7 Å². The van der Waals surface area contributed by atoms with E-state index in [9.17, 15) is 0 Å². The number of rotatable bonds is 3. The molecule has 0 saturated carbocycles. The lowest BCUT2D eigenvalue weighted by Gasteiger charge is -2.19. The molecule has 0 fully saturated rings. The molecular formula is C15H20ClN3S. The fourth-order valence-corrected chi connectivity index (χ4v) is 4.36. The van der Waals surface area contributed by atoms with Gasteiger partial charge in [-0.2, -0.15) is 0 Å². The first-order valence-electron chi connectivity index (χ1n) is 7.32. The third-order valence-corrected chi connectivity index (χ3v) is 5.44. The summed E-state index contributed by atoms with van der Waals surface area (Å²) in [5, 5.41) is 5.05. The van der Waals surface area contributed by atoms with Gasteiger partial charge in [0.25, 0.3) is 0 Å². The number of anilines is 1. The highest BCUT2D eigenvalue weighted by Crippen LogP contribution is 2.40. The van der Waals surface area contributed by atoms with Crippen molar-refractivity contribution in [2.75, 3.05) is 5.32 Å². The van der Waals surface area contributed by atoms with Gasteiger partial charge in [-0.1, -0.05) is 13.8 Å². The maximum absolute atomic E-state index is 6.09. The van der Waals surface area contributed by atoms with Crippen molar-refractivity contribution in [2.24, 2.45) is 5.92 Å². The first kappa shape index (κ1) is 14.1. The molecule has 5 heteroatoms. The van der Waals surface area contributed by atoms with Crippen molar-refractivity contribution in [1.82, 2.24) is 9.97 Å². The van der Waals surface area contributed by atoms with E-state index >= 15 is 0 Å². The zero-order chi connectivity index (χ0) is 14.3. The molecule has 0 spiro atoms. The smallest absolute Gasteiger partial charge is 0.225 e. The van der Waals surface area contributed by atoms with E-state index < -0.39 is 0 Å². The molecule has 0 aromatic carbocycles. The number of halogens is 1. The number of thiophene rings is 1. The first-order valence-corrected chi connectivity index (χ1v) is 8.52. The van der Waals surface area contributed by atoms with Crippen molar-refractivity contribution in [3.8, 4) is 0 Å². The van der Waals surface area contributed by atoms with E-state index in [1.165, 1.54) is 22.2 Å². The van der Waals surface area contributed by atoms with Gasteiger partial charge in [0, 0.05) is 10.9 Å². The molecule has 2 aromatic heterocycles. The Hall–Kier alpha value is -0.870. The third-order valence-electron chi connectivity index (χ3n) is 4.12. The third kappa shape index (κ3) is 2.51. The maximum Gasteiger partial charge on any atom is 0.225 e. The largest absolute Gasteiger partial charge is 0.367 e. The van der Waals surface area contributed by atoms with Gasteiger partial charge in [-0.05, 0) is 55.7 Å². The first-order chi connectivity index (χ1) is 9.58. The zero-order valence-corrected chi connectivity index (χ0v) is 13.7. The second-order valence-electron chi connectivity index (χ2n) is 5.83. The van der Waals surface area contributed by atoms with Gasteiger partial charge in [0.2, 0.25) is 5.28 Å². The SMILES string of the molecule is CCC(C)Nc1nc(Cl)nc2sc3c(c12)CCC(C)C3. The van der Waals surface area contributed by atoms with Crippen LogP contribution in [0.5, 0.6) is 0 Å². The van der Waals surface area contributed by atoms with Crippen LogP contribution in [0.15, 0.2) is 0 Å². The molecule has 3 rings (SSSR count). The van der Waals surface area contributed by atoms with E-state index in [-0.39, 0.29) is 0 Å². The summed E-state index contributed by atoms with van der Waals surface area (Å²) < 4.78 is 0. The van der Waals surface area contributed by atoms with E-state index in [2.05, 4.69) is 36.1 Å². The Morgan fingerprint density at radius 2 is 2.25 bits per heavy atom. The lowest BCUT2D eigenvalue weighted by Crippen LogP contribution is -2.15. The molecule has 0 saturated heterocycles. The number of aryl methyl sites for hydroxylation is 1. The van der Waals surface area contributed by atoms with Gasteiger partial charge in [-0.25, -0.2) is 9.97 Å². The number of nitrogens with one attached hydrogen (secondary N) is 1. The van der Waals surface area contributed by atoms with Gasteiger partial charge in [0.05, 0.1) is 5.39 Å². The quantitative estimate of drug-likeness (QED) is 0.837. The van der Waals surface area contributed by atoms with E-state index in [0.717, 1.165) is 35.8 Å². The average Bonchev–Trinajstić information content (AvgIpc) is 2.75. The zero-order valence-electron chi connectivity index (χ0n) is 12.2. The van der Waals surface area contributed by atoms with Gasteiger partial charge < -0.3 is 5.32 Å². The van der Waals surface area contributed by atoms with E-state index in [0.29, 0.717) is 11.3 Å². The number of nitrogens with zero attached hydrogens (tertiary/aromatic N) is 2. The summed E-state index contributed by atoms with van der Waals surface area (Å²) in [6.45, 7) is 6.66. The molecule has 20 heavy (non-hydrogen) atoms. The van der Waals surface area contributed by atoms with Crippen LogP contribution >= 0.6 is 22.9 Å². The Morgan fingerprint density at radius 3 is 3.00 bits per heavy atom. The van der Waals surface area contributed by atoms with Crippen molar-refractivity contribution in [1.29, 1.82) is 0 Å². The predicted molar refractivity (Wildman–Crippen MR) is 87.0 cm³/mol. The van der Waals surface area contributed by atoms with Crippen LogP contribution in [0.4, 0.5) is 5.82 Å². The van der Waals surface area contributed by atoms with Crippen molar-refractivity contribution in [2.45, 2.75) is 52.5 Å². The van der Waals surface area contributed by atoms with Crippen LogP contribution in [0.25, 0.3) is 10.2 Å². The minimum atomic E-state index is 0.343. The molecule has 0 bridgehead atoms. The van der Waals surface area contributed by atoms with Crippen molar-refractivity contribution >= 4 is 39.0 Å². The van der Waals surface area contributed by atoms with E-state index in [4.69, 9.17) is 11.6 Å². The number of aromatic nitrogens is 2. The maximum atomic E-state index is 6.09. The minimum absolute atomic E-state index is 0.343. The lowest BCUT2D eigenvalue weighted by atomic mass is 9.89. The summed E-state index contributed by atoms with van der Waals surface area (Å²) in [5.74, 6) is 1.69. The molecule has 2 unspecified atom stereocenters. The van der Waals surface area contributed by atoms with E-state index in [1.54, 1.807) is 11.3 Å². The second kappa shape index (κ2) is 5.49. The molecule has 1 aliphatic carbocycles. The Labute approximate surface area is 128 Å². The number of hydrogen-bond donors (Lipinski definition) is 1. The summed E-state index contributed by atoms with van der Waals surface area (Å²) in [6, 6.07) is 0.391. The van der Waals surface area contributed by atoms with Crippen LogP contribution in [0.1, 0.15) is 44.1 Å². The second-order valence-corrected chi connectivity index (χ2v) is 7.25. The monoisotopic (exact) mass is 309 g/mol. The normalized spacial score (nSPS) is 19.9. The average molecular weight is 310 g/mol. The summed E-state index contributed by atoms with van der Waals surface area (Å²) in [5.41, 5.74) is 1.45. The molecule has 2 aromatic rings. The van der Waals surface area contributed by atoms with Crippen LogP contribution in [-0.2, 0) is 12.8 Å². The molecule has 1 aliphatic rings. The highest BCUT2D eigenvalue weighted by molar-refractivity contribution is 7.19. The van der Waals surface area contributed by atoms with Crippen molar-refractivity contribution in [3.63, 3.8) is 0 Å². The van der Waals surface area contributed by atoms with Gasteiger partial charge in [0.15, 0.2) is 0 Å². The summed E-state index contributed by atoms with van der Waals surface area (Å²) >= 11 is 7.88. The Bertz CT molecular complexity index is 638. The topological polar surface area (TPSA) is 37.8 Å². The van der Waals surface area contributed by atoms with Gasteiger partial charge in [-0.15, -0.1) is 11.3 Å². The summed E-state index contributed by atoms with van der Waals surface area (Å²) in [6.07, 6.45) is 4.62. The number of hydrogen-bond acceptors (Lipinski definition) is 4. The van der Waals surface area contributed by atoms with Gasteiger partial charge in [-0.3, -0.25) is 0 Å². The molecule has 2 heterocycles. The van der Waals surface area contributed by atoms with Crippen LogP contribution in [0.3, 0.4) is 0 Å². The molecule has 2 atom stereocenters. The highest BCUT2D eigenvalue weighted by Gasteiger charge is 2.24. The van der Waals surface area contributed by atoms with Gasteiger partial charge in [0.1, 0.15) is 10.6 Å². The van der Waals surface area contributed by atoms with Crippen LogP contribution < -0.4 is 5.32 Å². The molecule has 0 amide bonds. The standard InChI is InChI=1S/C15H20ClN3S/c1-4-9(3)17-13-12-10-6-5-8(2)7-11(10)20-14(12)19-15(16)18-13/h8-9H,4-7H2,1-3H3,(H,17,18,19). The van der Waals surface area contributed by atoms with Crippen LogP contribution in [0, 0.1) is 5.92 Å². The van der Waals surface area contributed by atoms with Crippen molar-refractivity contribution < 1.29 is 0 Å². The fourth-order valence-electron chi connectivity index (χ4n) is 2.76. The Kier molecular flexibility index (Phi) is 3.87. The summed E-state index contributed by atoms with van der Waals surface area (Å²) in [7, 11) is 0. The molecule has 0 radical (unpaired) electrons. The van der Waals surface area contributed by atoms with Gasteiger partial charge >= 0.3 is 0 Å². The highest BCUT2D eigenvalue weighted by atomic mass is 35.5. The summed E-state index contributed by atoms with van der Waals surface area (Å²) in [4.78, 5) is 11.4. The Balaban J connectivity index is 2.13. The lowest BCUT2D eigenvalue weighted by molar-refractivity contribution is 0.509. The van der Waals surface area contributed by atoms with Crippen LogP contribution in [-0.4, -0.2) is 16.0 Å². The Morgan fingerprint density at radius 1 is 1.45 bits per heavy atom. The fraction of sp³-hybridized carbons (Fsp3) is 0.600. The molecule has 108 valence electrons. The van der Waals surface area contributed by atoms with E-state index in [1.807, 2.05) is 0 Å². The molecule has 1 N–H and O–H groups in total.